The van der Waals surface area contributed by atoms with Crippen LogP contribution in [0.3, 0.4) is 0 Å². The van der Waals surface area contributed by atoms with Crippen LogP contribution in [0.25, 0.3) is 10.9 Å². The summed E-state index contributed by atoms with van der Waals surface area (Å²) >= 11 is 0. The molecule has 1 unspecified atom stereocenters. The maximum Gasteiger partial charge on any atom is 0.475 e. The van der Waals surface area contributed by atoms with Crippen LogP contribution >= 0.6 is 0 Å². The second-order valence-corrected chi connectivity index (χ2v) is 9.38. The summed E-state index contributed by atoms with van der Waals surface area (Å²) in [5, 5.41) is 26.1. The van der Waals surface area contributed by atoms with E-state index >= 15 is 0 Å². The molecule has 0 saturated heterocycles. The van der Waals surface area contributed by atoms with Crippen molar-refractivity contribution in [1.29, 1.82) is 0 Å². The Morgan fingerprint density at radius 3 is 2.15 bits per heavy atom. The second kappa shape index (κ2) is 14.5. The van der Waals surface area contributed by atoms with E-state index in [0.29, 0.717) is 5.56 Å². The Kier molecular flexibility index (Phi) is 10.3. The fourth-order valence-electron chi connectivity index (χ4n) is 4.24. The van der Waals surface area contributed by atoms with E-state index < -0.39 is 30.8 Å². The molecule has 0 spiro atoms. The van der Waals surface area contributed by atoms with Gasteiger partial charge >= 0.3 is 7.12 Å². The molecule has 2 heterocycles. The van der Waals surface area contributed by atoms with Gasteiger partial charge in [0.1, 0.15) is 5.92 Å². The number of carbonyl (C=O) groups is 2. The van der Waals surface area contributed by atoms with Gasteiger partial charge in [0.05, 0.1) is 18.5 Å². The van der Waals surface area contributed by atoms with Crippen LogP contribution in [0.1, 0.15) is 16.7 Å². The molecule has 5 aromatic rings. The molecule has 2 aromatic heterocycles. The molecule has 5 N–H and O–H groups in total. The molecule has 0 aliphatic heterocycles. The Bertz CT molecular complexity index is 1430. The highest BCUT2D eigenvalue weighted by Crippen LogP contribution is 2.15. The van der Waals surface area contributed by atoms with Crippen LogP contribution < -0.4 is 10.6 Å². The van der Waals surface area contributed by atoms with Crippen LogP contribution in [0, 0.1) is 5.92 Å². The average Bonchev–Trinajstić information content (AvgIpc) is 3.68. The lowest BCUT2D eigenvalue weighted by Crippen LogP contribution is -2.52. The van der Waals surface area contributed by atoms with Crippen LogP contribution in [0.5, 0.6) is 0 Å². The van der Waals surface area contributed by atoms with Crippen molar-refractivity contribution in [1.82, 2.24) is 15.6 Å². The molecule has 3 aromatic carbocycles. The predicted molar refractivity (Wildman–Crippen MR) is 155 cm³/mol. The molecule has 0 aliphatic rings. The zero-order valence-corrected chi connectivity index (χ0v) is 21.9. The molecule has 40 heavy (non-hydrogen) atoms. The van der Waals surface area contributed by atoms with E-state index in [1.165, 1.54) is 12.5 Å². The van der Waals surface area contributed by atoms with Gasteiger partial charge in [0.2, 0.25) is 11.8 Å². The number of aromatic amines is 1. The van der Waals surface area contributed by atoms with E-state index in [9.17, 15) is 19.6 Å². The van der Waals surface area contributed by atoms with Crippen molar-refractivity contribution < 1.29 is 24.1 Å². The Morgan fingerprint density at radius 1 is 0.800 bits per heavy atom. The largest absolute Gasteiger partial charge is 0.475 e. The summed E-state index contributed by atoms with van der Waals surface area (Å²) < 4.78 is 5.02. The summed E-state index contributed by atoms with van der Waals surface area (Å²) in [7, 11) is -1.80. The minimum Gasteiger partial charge on any atom is -0.472 e. The molecule has 204 valence electrons. The first kappa shape index (κ1) is 28.4. The van der Waals surface area contributed by atoms with Crippen molar-refractivity contribution in [2.24, 2.45) is 5.92 Å². The van der Waals surface area contributed by atoms with E-state index in [1.807, 2.05) is 97.2 Å². The van der Waals surface area contributed by atoms with Crippen LogP contribution in [-0.2, 0) is 29.0 Å². The number of nitrogens with one attached hydrogen (secondary N) is 3. The lowest BCUT2D eigenvalue weighted by atomic mass is 9.76. The lowest BCUT2D eigenvalue weighted by Gasteiger charge is -2.22. The summed E-state index contributed by atoms with van der Waals surface area (Å²) in [6.07, 6.45) is 5.11. The maximum absolute atomic E-state index is 13.2. The van der Waals surface area contributed by atoms with Gasteiger partial charge in [-0.2, -0.15) is 0 Å². The van der Waals surface area contributed by atoms with Crippen molar-refractivity contribution in [3.63, 3.8) is 0 Å². The average molecular weight is 537 g/mol. The fourth-order valence-corrected chi connectivity index (χ4v) is 4.24. The first-order valence-corrected chi connectivity index (χ1v) is 13.0. The molecule has 0 saturated carbocycles. The lowest BCUT2D eigenvalue weighted by molar-refractivity contribution is -0.135. The van der Waals surface area contributed by atoms with Crippen LogP contribution in [-0.4, -0.2) is 39.9 Å². The summed E-state index contributed by atoms with van der Waals surface area (Å²) in [5.41, 5.74) is 3.43. The van der Waals surface area contributed by atoms with Crippen molar-refractivity contribution in [2.75, 3.05) is 0 Å². The van der Waals surface area contributed by atoms with Gasteiger partial charge in [0.25, 0.3) is 0 Å². The van der Waals surface area contributed by atoms with Crippen LogP contribution in [0.2, 0.25) is 0 Å². The number of rotatable bonds is 10. The molecule has 0 radical (unpaired) electrons. The Hall–Kier alpha value is -4.60. The third kappa shape index (κ3) is 8.46. The number of hydrogen-bond acceptors (Lipinski definition) is 5. The number of fused-ring (bicyclic) bond motifs is 1. The first-order chi connectivity index (χ1) is 19.5. The normalized spacial score (nSPS) is 12.1. The van der Waals surface area contributed by atoms with Gasteiger partial charge in [-0.05, 0) is 59.2 Å². The van der Waals surface area contributed by atoms with E-state index in [-0.39, 0.29) is 19.4 Å². The highest BCUT2D eigenvalue weighted by Gasteiger charge is 2.32. The molecule has 0 fully saturated rings. The van der Waals surface area contributed by atoms with Gasteiger partial charge in [0.15, 0.2) is 0 Å². The smallest absolute Gasteiger partial charge is 0.472 e. The van der Waals surface area contributed by atoms with E-state index in [2.05, 4.69) is 15.6 Å². The topological polar surface area (TPSA) is 128 Å². The van der Waals surface area contributed by atoms with Crippen LogP contribution in [0.4, 0.5) is 0 Å². The highest BCUT2D eigenvalue weighted by molar-refractivity contribution is 6.43. The third-order valence-electron chi connectivity index (χ3n) is 6.39. The van der Waals surface area contributed by atoms with Gasteiger partial charge in [-0.1, -0.05) is 72.8 Å². The highest BCUT2D eigenvalue weighted by atomic mass is 16.4. The van der Waals surface area contributed by atoms with Gasteiger partial charge in [-0.25, -0.2) is 0 Å². The third-order valence-corrected chi connectivity index (χ3v) is 6.39. The Morgan fingerprint density at radius 2 is 1.50 bits per heavy atom. The predicted octanol–water partition coefficient (Wildman–Crippen LogP) is 3.66. The summed E-state index contributed by atoms with van der Waals surface area (Å²) in [4.78, 5) is 29.4. The molecule has 2 amide bonds. The standard InChI is InChI=1S/C25H26BN3O5.C6H6/c30-24(28-15-18-6-7-22-20(12-18)8-10-27-22)21(13-17-4-2-1-3-5-17)25(31)29-23(26(32)33)14-19-9-11-34-16-19;1-2-4-6-5-3-1/h1-12,16,21,23,27,32-33H,13-15H2,(H,28,30)(H,29,31);1-6H/t21?,23-;/m0./s1. The quantitative estimate of drug-likeness (QED) is 0.137. The number of carbonyl (C=O) groups excluding carboxylic acids is 2. The summed E-state index contributed by atoms with van der Waals surface area (Å²) in [5.74, 6) is -3.06. The number of hydrogen-bond donors (Lipinski definition) is 5. The number of benzene rings is 3. The molecule has 8 nitrogen and oxygen atoms in total. The van der Waals surface area contributed by atoms with Gasteiger partial charge in [-0.15, -0.1) is 0 Å². The Balaban J connectivity index is 0.000000546. The molecule has 0 bridgehead atoms. The number of amides is 2. The van der Waals surface area contributed by atoms with E-state index in [4.69, 9.17) is 4.42 Å². The van der Waals surface area contributed by atoms with Crippen molar-refractivity contribution in [3.05, 3.63) is 132 Å². The summed E-state index contributed by atoms with van der Waals surface area (Å²) in [6, 6.07) is 30.7. The van der Waals surface area contributed by atoms with E-state index in [0.717, 1.165) is 22.0 Å². The minimum atomic E-state index is -1.80. The maximum atomic E-state index is 13.2. The van der Waals surface area contributed by atoms with Crippen LogP contribution in [0.15, 0.2) is 120 Å². The molecule has 9 heteroatoms. The van der Waals surface area contributed by atoms with Crippen molar-refractivity contribution >= 4 is 29.8 Å². The minimum absolute atomic E-state index is 0.149. The fraction of sp³-hybridized carbons (Fsp3) is 0.161. The second-order valence-electron chi connectivity index (χ2n) is 9.38. The first-order valence-electron chi connectivity index (χ1n) is 13.0. The molecular weight excluding hydrogens is 505 g/mol. The molecule has 5 rings (SSSR count). The number of furan rings is 1. The summed E-state index contributed by atoms with van der Waals surface area (Å²) in [6.45, 7) is 0.263. The zero-order chi connectivity index (χ0) is 28.2. The zero-order valence-electron chi connectivity index (χ0n) is 21.9. The van der Waals surface area contributed by atoms with Crippen molar-refractivity contribution in [3.8, 4) is 0 Å². The Labute approximate surface area is 233 Å². The number of H-pyrrole nitrogens is 1. The SMILES string of the molecule is O=C(NCc1ccc2[nH]ccc2c1)C(Cc1ccccc1)C(=O)N[C@@H](Cc1ccoc1)B(O)O.c1ccccc1. The number of aromatic nitrogens is 1. The molecular formula is C31H32BN3O5. The van der Waals surface area contributed by atoms with Gasteiger partial charge in [-0.3, -0.25) is 9.59 Å². The molecule has 2 atom stereocenters. The van der Waals surface area contributed by atoms with Gasteiger partial charge < -0.3 is 30.1 Å². The molecule has 0 aliphatic carbocycles. The van der Waals surface area contributed by atoms with E-state index in [1.54, 1.807) is 6.07 Å². The van der Waals surface area contributed by atoms with Crippen molar-refractivity contribution in [2.45, 2.75) is 25.3 Å². The monoisotopic (exact) mass is 537 g/mol. The van der Waals surface area contributed by atoms with Gasteiger partial charge in [0, 0.05) is 18.3 Å².